The van der Waals surface area contributed by atoms with E-state index >= 15 is 0 Å². The standard InChI is InChI=1S/C25H22N4O5/c1-3-15(18-10-9-13(2)34-18)27-20-21(23(31)22(20)30)28-16-7-4-6-14-12-29(25(33)19(14)16)17-8-5-11-26-24(17)32/h4-11,15,27-28H,3,12H2,1-2H3,(H,26,32). The molecule has 1 aliphatic heterocycles. The van der Waals surface area contributed by atoms with Crippen molar-refractivity contribution in [1.29, 1.82) is 0 Å². The summed E-state index contributed by atoms with van der Waals surface area (Å²) in [4.78, 5) is 54.2. The van der Waals surface area contributed by atoms with Gasteiger partial charge in [-0.15, -0.1) is 0 Å². The number of benzene rings is 1. The number of pyridine rings is 1. The van der Waals surface area contributed by atoms with Crippen molar-refractivity contribution in [2.24, 2.45) is 0 Å². The predicted molar refractivity (Wildman–Crippen MR) is 129 cm³/mol. The van der Waals surface area contributed by atoms with E-state index in [2.05, 4.69) is 15.6 Å². The van der Waals surface area contributed by atoms with E-state index in [4.69, 9.17) is 4.42 Å². The maximum atomic E-state index is 13.2. The van der Waals surface area contributed by atoms with Crippen LogP contribution >= 0.6 is 0 Å². The molecule has 4 aromatic rings. The first-order valence-electron chi connectivity index (χ1n) is 10.9. The highest BCUT2D eigenvalue weighted by Gasteiger charge is 2.33. The highest BCUT2D eigenvalue weighted by atomic mass is 16.3. The van der Waals surface area contributed by atoms with Gasteiger partial charge in [-0.2, -0.15) is 0 Å². The van der Waals surface area contributed by atoms with Crippen molar-refractivity contribution in [3.8, 4) is 0 Å². The van der Waals surface area contributed by atoms with Crippen molar-refractivity contribution >= 4 is 28.7 Å². The summed E-state index contributed by atoms with van der Waals surface area (Å²) in [6, 6.07) is 11.8. The van der Waals surface area contributed by atoms with Gasteiger partial charge < -0.3 is 20.0 Å². The van der Waals surface area contributed by atoms with Crippen molar-refractivity contribution in [1.82, 2.24) is 4.98 Å². The number of fused-ring (bicyclic) bond motifs is 1. The zero-order valence-corrected chi connectivity index (χ0v) is 18.6. The average Bonchev–Trinajstić information content (AvgIpc) is 3.42. The van der Waals surface area contributed by atoms with Crippen LogP contribution in [0.3, 0.4) is 0 Å². The third-order valence-corrected chi connectivity index (χ3v) is 6.03. The quantitative estimate of drug-likeness (QED) is 0.363. The molecule has 34 heavy (non-hydrogen) atoms. The van der Waals surface area contributed by atoms with Gasteiger partial charge in [0.25, 0.3) is 22.3 Å². The minimum Gasteiger partial charge on any atom is -0.464 e. The van der Waals surface area contributed by atoms with Gasteiger partial charge in [0.05, 0.1) is 23.8 Å². The number of nitrogens with zero attached hydrogens (tertiary/aromatic N) is 1. The van der Waals surface area contributed by atoms with E-state index in [1.807, 2.05) is 26.0 Å². The molecule has 1 atom stereocenters. The lowest BCUT2D eigenvalue weighted by atomic mass is 10.1. The lowest BCUT2D eigenvalue weighted by Gasteiger charge is -2.21. The number of hydrogen-bond donors (Lipinski definition) is 3. The number of rotatable bonds is 7. The van der Waals surface area contributed by atoms with Crippen LogP contribution in [-0.2, 0) is 6.54 Å². The van der Waals surface area contributed by atoms with Crippen molar-refractivity contribution in [2.45, 2.75) is 32.9 Å². The molecule has 5 rings (SSSR count). The van der Waals surface area contributed by atoms with Gasteiger partial charge in [0, 0.05) is 6.20 Å². The van der Waals surface area contributed by atoms with Gasteiger partial charge in [-0.25, -0.2) is 0 Å². The van der Waals surface area contributed by atoms with Crippen LogP contribution in [-0.4, -0.2) is 10.9 Å². The van der Waals surface area contributed by atoms with Crippen LogP contribution in [0.4, 0.5) is 22.7 Å². The van der Waals surface area contributed by atoms with Crippen LogP contribution in [0.15, 0.2) is 67.5 Å². The molecule has 3 heterocycles. The third kappa shape index (κ3) is 3.42. The molecule has 0 fully saturated rings. The second kappa shape index (κ2) is 8.18. The zero-order valence-electron chi connectivity index (χ0n) is 18.6. The fourth-order valence-corrected chi connectivity index (χ4v) is 4.26. The normalized spacial score (nSPS) is 13.8. The monoisotopic (exact) mass is 458 g/mol. The molecule has 1 amide bonds. The van der Waals surface area contributed by atoms with E-state index in [1.165, 1.54) is 11.1 Å². The topological polar surface area (TPSA) is 125 Å². The van der Waals surface area contributed by atoms with Gasteiger partial charge >= 0.3 is 0 Å². The molecule has 2 aromatic heterocycles. The van der Waals surface area contributed by atoms with Crippen LogP contribution < -0.4 is 32.0 Å². The summed E-state index contributed by atoms with van der Waals surface area (Å²) in [5.41, 5.74) is 0.315. The molecule has 2 aromatic carbocycles. The smallest absolute Gasteiger partial charge is 0.271 e. The van der Waals surface area contributed by atoms with E-state index in [9.17, 15) is 19.2 Å². The number of furan rings is 1. The Morgan fingerprint density at radius 2 is 1.82 bits per heavy atom. The number of amides is 1. The van der Waals surface area contributed by atoms with Crippen LogP contribution in [0, 0.1) is 6.92 Å². The molecule has 172 valence electrons. The summed E-state index contributed by atoms with van der Waals surface area (Å²) in [5.74, 6) is 1.05. The highest BCUT2D eigenvalue weighted by Crippen LogP contribution is 2.34. The Balaban J connectivity index is 1.46. The predicted octanol–water partition coefficient (Wildman–Crippen LogP) is 3.34. The fourth-order valence-electron chi connectivity index (χ4n) is 4.26. The van der Waals surface area contributed by atoms with Gasteiger partial charge in [0.2, 0.25) is 0 Å². The van der Waals surface area contributed by atoms with Crippen molar-refractivity contribution in [3.63, 3.8) is 0 Å². The molecule has 1 unspecified atom stereocenters. The summed E-state index contributed by atoms with van der Waals surface area (Å²) in [5, 5.41) is 6.11. The summed E-state index contributed by atoms with van der Waals surface area (Å²) in [6.07, 6.45) is 2.13. The lowest BCUT2D eigenvalue weighted by molar-refractivity contribution is 0.0997. The first kappa shape index (κ1) is 21.4. The molecular formula is C25H22N4O5. The molecule has 0 bridgehead atoms. The highest BCUT2D eigenvalue weighted by molar-refractivity contribution is 6.13. The summed E-state index contributed by atoms with van der Waals surface area (Å²) >= 11 is 0. The molecule has 9 heteroatoms. The molecule has 0 spiro atoms. The lowest BCUT2D eigenvalue weighted by Crippen LogP contribution is -2.37. The fraction of sp³-hybridized carbons (Fsp3) is 0.200. The summed E-state index contributed by atoms with van der Waals surface area (Å²) in [6.45, 7) is 4.00. The second-order valence-electron chi connectivity index (χ2n) is 8.20. The number of carbonyl (C=O) groups excluding carboxylic acids is 1. The Labute approximate surface area is 193 Å². The Hall–Kier alpha value is -4.40. The number of H-pyrrole nitrogens is 1. The second-order valence-corrected chi connectivity index (χ2v) is 8.20. The van der Waals surface area contributed by atoms with Gasteiger partial charge in [-0.05, 0) is 49.2 Å². The Kier molecular flexibility index (Phi) is 5.16. The number of aryl methyl sites for hydroxylation is 1. The number of aromatic amines is 1. The van der Waals surface area contributed by atoms with E-state index in [0.717, 1.165) is 5.76 Å². The number of hydrogen-bond acceptors (Lipinski definition) is 7. The number of nitrogens with one attached hydrogen (secondary N) is 3. The van der Waals surface area contributed by atoms with Gasteiger partial charge in [-0.3, -0.25) is 24.1 Å². The Morgan fingerprint density at radius 1 is 1.03 bits per heavy atom. The van der Waals surface area contributed by atoms with Crippen molar-refractivity contribution in [2.75, 3.05) is 15.5 Å². The molecule has 0 aliphatic carbocycles. The molecular weight excluding hydrogens is 436 g/mol. The first-order chi connectivity index (χ1) is 16.4. The summed E-state index contributed by atoms with van der Waals surface area (Å²) < 4.78 is 5.68. The van der Waals surface area contributed by atoms with Gasteiger partial charge in [0.15, 0.2) is 0 Å². The maximum Gasteiger partial charge on any atom is 0.271 e. The number of carbonyl (C=O) groups is 1. The van der Waals surface area contributed by atoms with Crippen LogP contribution in [0.2, 0.25) is 0 Å². The number of anilines is 4. The van der Waals surface area contributed by atoms with Crippen LogP contribution in [0.5, 0.6) is 0 Å². The SMILES string of the molecule is CCC(Nc1c(Nc2cccc3c2C(=O)N(c2ccc[nH]c2=O)C3)c(=O)c1=O)c1ccc(C)o1. The molecule has 1 aliphatic rings. The first-order valence-corrected chi connectivity index (χ1v) is 10.9. The molecule has 3 N–H and O–H groups in total. The number of aromatic nitrogens is 1. The minimum absolute atomic E-state index is 0.101. The third-order valence-electron chi connectivity index (χ3n) is 6.03. The Bertz CT molecular complexity index is 1540. The molecule has 9 nitrogen and oxygen atoms in total. The van der Waals surface area contributed by atoms with Crippen LogP contribution in [0.25, 0.3) is 0 Å². The zero-order chi connectivity index (χ0) is 24.0. The van der Waals surface area contributed by atoms with E-state index in [-0.39, 0.29) is 41.1 Å². The van der Waals surface area contributed by atoms with Crippen molar-refractivity contribution < 1.29 is 9.21 Å². The van der Waals surface area contributed by atoms with Gasteiger partial charge in [-0.1, -0.05) is 19.1 Å². The average molecular weight is 458 g/mol. The summed E-state index contributed by atoms with van der Waals surface area (Å²) in [7, 11) is 0. The minimum atomic E-state index is -0.660. The van der Waals surface area contributed by atoms with E-state index in [0.29, 0.717) is 29.0 Å². The van der Waals surface area contributed by atoms with Crippen molar-refractivity contribution in [3.05, 3.63) is 102 Å². The maximum absolute atomic E-state index is 13.2. The van der Waals surface area contributed by atoms with Gasteiger partial charge in [0.1, 0.15) is 28.6 Å². The van der Waals surface area contributed by atoms with E-state index in [1.54, 1.807) is 30.3 Å². The largest absolute Gasteiger partial charge is 0.464 e. The van der Waals surface area contributed by atoms with E-state index < -0.39 is 10.9 Å². The Morgan fingerprint density at radius 3 is 2.53 bits per heavy atom. The molecule has 0 saturated heterocycles. The molecule has 0 saturated carbocycles. The van der Waals surface area contributed by atoms with Crippen LogP contribution in [0.1, 0.15) is 46.8 Å². The molecule has 0 radical (unpaired) electrons.